The van der Waals surface area contributed by atoms with Gasteiger partial charge in [-0.15, -0.1) is 12.4 Å². The third-order valence-corrected chi connectivity index (χ3v) is 4.43. The topological polar surface area (TPSA) is 62.5 Å². The summed E-state index contributed by atoms with van der Waals surface area (Å²) in [4.78, 5) is 21.0. The molecule has 110 valence electrons. The second-order valence-electron chi connectivity index (χ2n) is 5.54. The van der Waals surface area contributed by atoms with Crippen molar-refractivity contribution >= 4 is 24.1 Å². The fraction of sp³-hybridized carbons (Fsp3) is 0.571. The van der Waals surface area contributed by atoms with Crippen molar-refractivity contribution in [1.29, 1.82) is 0 Å². The largest absolute Gasteiger partial charge is 0.384 e. The molecular formula is C14H21ClN4O. The number of aromatic nitrogens is 1. The first kappa shape index (κ1) is 15.1. The number of nitrogens with zero attached hydrogens (tertiary/aromatic N) is 3. The summed E-state index contributed by atoms with van der Waals surface area (Å²) in [5.74, 6) is 0.410. The van der Waals surface area contributed by atoms with E-state index in [1.807, 2.05) is 4.90 Å². The van der Waals surface area contributed by atoms with Crippen LogP contribution in [0.5, 0.6) is 0 Å². The van der Waals surface area contributed by atoms with E-state index in [9.17, 15) is 4.79 Å². The van der Waals surface area contributed by atoms with E-state index in [0.717, 1.165) is 19.5 Å². The smallest absolute Gasteiger partial charge is 0.272 e. The fourth-order valence-corrected chi connectivity index (χ4v) is 3.23. The van der Waals surface area contributed by atoms with Crippen LogP contribution in [0.2, 0.25) is 0 Å². The van der Waals surface area contributed by atoms with Crippen LogP contribution in [0.4, 0.5) is 5.82 Å². The second kappa shape index (κ2) is 5.97. The van der Waals surface area contributed by atoms with Crippen molar-refractivity contribution < 1.29 is 4.79 Å². The number of pyridine rings is 1. The molecule has 3 rings (SSSR count). The van der Waals surface area contributed by atoms with Crippen LogP contribution in [0.15, 0.2) is 18.2 Å². The molecular weight excluding hydrogens is 276 g/mol. The molecule has 20 heavy (non-hydrogen) atoms. The number of anilines is 1. The van der Waals surface area contributed by atoms with Crippen molar-refractivity contribution in [3.8, 4) is 0 Å². The van der Waals surface area contributed by atoms with Crippen LogP contribution in [-0.4, -0.2) is 52.9 Å². The van der Waals surface area contributed by atoms with Crippen molar-refractivity contribution in [2.75, 3.05) is 25.9 Å². The number of rotatable bonds is 1. The Morgan fingerprint density at radius 1 is 1.30 bits per heavy atom. The highest BCUT2D eigenvalue weighted by molar-refractivity contribution is 5.92. The number of likely N-dealkylation sites (N-methyl/N-ethyl adjacent to an activating group) is 1. The van der Waals surface area contributed by atoms with Crippen molar-refractivity contribution in [3.05, 3.63) is 23.9 Å². The lowest BCUT2D eigenvalue weighted by Gasteiger charge is -2.25. The Hall–Kier alpha value is -1.33. The van der Waals surface area contributed by atoms with E-state index >= 15 is 0 Å². The molecule has 2 N–H and O–H groups in total. The van der Waals surface area contributed by atoms with E-state index in [4.69, 9.17) is 5.73 Å². The lowest BCUT2D eigenvalue weighted by Crippen LogP contribution is -2.40. The molecule has 0 spiro atoms. The van der Waals surface area contributed by atoms with Gasteiger partial charge in [-0.2, -0.15) is 0 Å². The summed E-state index contributed by atoms with van der Waals surface area (Å²) in [6.45, 7) is 1.63. The molecule has 0 radical (unpaired) electrons. The molecule has 1 amide bonds. The highest BCUT2D eigenvalue weighted by atomic mass is 35.5. The monoisotopic (exact) mass is 296 g/mol. The summed E-state index contributed by atoms with van der Waals surface area (Å²) >= 11 is 0. The Kier molecular flexibility index (Phi) is 4.50. The zero-order valence-electron chi connectivity index (χ0n) is 11.7. The molecule has 1 aromatic rings. The summed E-state index contributed by atoms with van der Waals surface area (Å²) in [6, 6.07) is 6.36. The van der Waals surface area contributed by atoms with Crippen molar-refractivity contribution in [2.45, 2.75) is 31.3 Å². The number of carbonyl (C=O) groups is 1. The molecule has 5 nitrogen and oxygen atoms in total. The summed E-state index contributed by atoms with van der Waals surface area (Å²) in [5.41, 5.74) is 6.11. The molecule has 2 fully saturated rings. The number of nitrogen functional groups attached to an aromatic ring is 1. The van der Waals surface area contributed by atoms with E-state index in [-0.39, 0.29) is 18.3 Å². The number of hydrogen-bond acceptors (Lipinski definition) is 4. The summed E-state index contributed by atoms with van der Waals surface area (Å²) in [6.07, 6.45) is 3.51. The van der Waals surface area contributed by atoms with Crippen LogP contribution in [0.25, 0.3) is 0 Å². The fourth-order valence-electron chi connectivity index (χ4n) is 3.23. The minimum atomic E-state index is 0. The molecule has 2 aliphatic heterocycles. The number of hydrogen-bond donors (Lipinski definition) is 1. The van der Waals surface area contributed by atoms with Crippen molar-refractivity contribution in [1.82, 2.24) is 14.8 Å². The highest BCUT2D eigenvalue weighted by Gasteiger charge is 2.36. The quantitative estimate of drug-likeness (QED) is 0.851. The number of amides is 1. The second-order valence-corrected chi connectivity index (χ2v) is 5.54. The van der Waals surface area contributed by atoms with Crippen molar-refractivity contribution in [3.63, 3.8) is 0 Å². The Balaban J connectivity index is 0.00000147. The minimum absolute atomic E-state index is 0. The minimum Gasteiger partial charge on any atom is -0.384 e. The summed E-state index contributed by atoms with van der Waals surface area (Å²) in [5, 5.41) is 0. The van der Waals surface area contributed by atoms with Gasteiger partial charge in [0.2, 0.25) is 0 Å². The molecule has 1 aromatic heterocycles. The zero-order chi connectivity index (χ0) is 13.4. The van der Waals surface area contributed by atoms with Crippen LogP contribution < -0.4 is 5.73 Å². The average Bonchev–Trinajstić information content (AvgIpc) is 2.62. The summed E-state index contributed by atoms with van der Waals surface area (Å²) in [7, 11) is 2.18. The Labute approximate surface area is 125 Å². The Morgan fingerprint density at radius 2 is 2.05 bits per heavy atom. The molecule has 0 saturated carbocycles. The van der Waals surface area contributed by atoms with Gasteiger partial charge in [-0.25, -0.2) is 4.98 Å². The van der Waals surface area contributed by atoms with Gasteiger partial charge in [-0.3, -0.25) is 9.69 Å². The van der Waals surface area contributed by atoms with Crippen LogP contribution in [0, 0.1) is 0 Å². The molecule has 0 aromatic carbocycles. The number of fused-ring (bicyclic) bond motifs is 2. The van der Waals surface area contributed by atoms with Gasteiger partial charge in [-0.1, -0.05) is 6.07 Å². The number of likely N-dealkylation sites (tertiary alicyclic amines) is 1. The van der Waals surface area contributed by atoms with E-state index in [1.54, 1.807) is 18.2 Å². The highest BCUT2D eigenvalue weighted by Crippen LogP contribution is 2.28. The predicted molar refractivity (Wildman–Crippen MR) is 81.0 cm³/mol. The van der Waals surface area contributed by atoms with E-state index in [2.05, 4.69) is 16.9 Å². The number of carbonyl (C=O) groups excluding carboxylic acids is 1. The molecule has 2 atom stereocenters. The zero-order valence-corrected chi connectivity index (χ0v) is 12.5. The van der Waals surface area contributed by atoms with Crippen LogP contribution in [0.1, 0.15) is 29.8 Å². The lowest BCUT2D eigenvalue weighted by molar-refractivity contribution is 0.0734. The van der Waals surface area contributed by atoms with Gasteiger partial charge in [0.1, 0.15) is 11.5 Å². The third kappa shape index (κ3) is 2.74. The molecule has 3 heterocycles. The maximum Gasteiger partial charge on any atom is 0.272 e. The Bertz CT molecular complexity index is 496. The van der Waals surface area contributed by atoms with Crippen LogP contribution in [-0.2, 0) is 0 Å². The van der Waals surface area contributed by atoms with E-state index in [1.165, 1.54) is 12.8 Å². The number of halogens is 1. The van der Waals surface area contributed by atoms with Gasteiger partial charge in [0.05, 0.1) is 0 Å². The molecule has 0 aliphatic carbocycles. The summed E-state index contributed by atoms with van der Waals surface area (Å²) < 4.78 is 0. The Morgan fingerprint density at radius 3 is 2.80 bits per heavy atom. The first-order valence-electron chi connectivity index (χ1n) is 6.89. The maximum absolute atomic E-state index is 12.5. The van der Waals surface area contributed by atoms with Gasteiger partial charge in [0.15, 0.2) is 0 Å². The molecule has 2 bridgehead atoms. The first-order valence-corrected chi connectivity index (χ1v) is 6.89. The molecule has 6 heteroatoms. The van der Waals surface area contributed by atoms with Gasteiger partial charge in [0, 0.05) is 25.2 Å². The maximum atomic E-state index is 12.5. The van der Waals surface area contributed by atoms with Gasteiger partial charge in [-0.05, 0) is 38.4 Å². The molecule has 2 saturated heterocycles. The molecule has 2 unspecified atom stereocenters. The number of nitrogens with two attached hydrogens (primary N) is 1. The standard InChI is InChI=1S/C14H20N4O.ClH/c1-17-10-5-6-11(17)9-18(8-7-10)14(19)12-3-2-4-13(15)16-12;/h2-4,10-11H,5-9H2,1H3,(H2,15,16);1H. The van der Waals surface area contributed by atoms with Crippen LogP contribution in [0.3, 0.4) is 0 Å². The first-order chi connectivity index (χ1) is 9.15. The van der Waals surface area contributed by atoms with Gasteiger partial charge < -0.3 is 10.6 Å². The normalized spacial score (nSPS) is 25.9. The molecule has 2 aliphatic rings. The van der Waals surface area contributed by atoms with Crippen LogP contribution >= 0.6 is 12.4 Å². The average molecular weight is 297 g/mol. The van der Waals surface area contributed by atoms with E-state index < -0.39 is 0 Å². The SMILES string of the molecule is CN1C2CCC1CN(C(=O)c1cccc(N)n1)CC2.Cl. The van der Waals surface area contributed by atoms with Crippen molar-refractivity contribution in [2.24, 2.45) is 0 Å². The predicted octanol–water partition coefficient (Wildman–Crippen LogP) is 1.39. The lowest BCUT2D eigenvalue weighted by atomic mass is 10.1. The van der Waals surface area contributed by atoms with E-state index in [0.29, 0.717) is 23.6 Å². The van der Waals surface area contributed by atoms with Gasteiger partial charge in [0.25, 0.3) is 5.91 Å². The third-order valence-electron chi connectivity index (χ3n) is 4.43. The van der Waals surface area contributed by atoms with Gasteiger partial charge >= 0.3 is 0 Å².